The largest absolute Gasteiger partial charge is 0.453 e. The lowest BCUT2D eigenvalue weighted by atomic mass is 9.99. The number of pyridine rings is 2. The molecule has 4 heterocycles. The van der Waals surface area contributed by atoms with Crippen molar-refractivity contribution in [1.29, 1.82) is 0 Å². The number of hydrogen-bond acceptors (Lipinski definition) is 6. The fourth-order valence-corrected chi connectivity index (χ4v) is 4.53. The number of aromatic nitrogens is 2. The zero-order chi connectivity index (χ0) is 21.5. The van der Waals surface area contributed by atoms with Crippen LogP contribution in [0.1, 0.15) is 19.4 Å². The molecular weight excluding hydrogens is 412 g/mol. The van der Waals surface area contributed by atoms with Gasteiger partial charge in [-0.1, -0.05) is 24.6 Å². The third-order valence-corrected chi connectivity index (χ3v) is 6.17. The first-order valence-electron chi connectivity index (χ1n) is 10.5. The Kier molecular flexibility index (Phi) is 5.12. The van der Waals surface area contributed by atoms with Gasteiger partial charge in [0.15, 0.2) is 11.1 Å². The molecule has 1 fully saturated rings. The molecule has 6 nitrogen and oxygen atoms in total. The van der Waals surface area contributed by atoms with Crippen molar-refractivity contribution in [2.24, 2.45) is 0 Å². The molecule has 7 heteroatoms. The Labute approximate surface area is 184 Å². The maximum atomic E-state index is 13.1. The summed E-state index contributed by atoms with van der Waals surface area (Å²) in [4.78, 5) is 24.6. The van der Waals surface area contributed by atoms with Crippen LogP contribution in [0, 0.1) is 0 Å². The molecule has 0 saturated carbocycles. The van der Waals surface area contributed by atoms with Crippen LogP contribution in [0.15, 0.2) is 51.9 Å². The highest BCUT2D eigenvalue weighted by Gasteiger charge is 2.20. The van der Waals surface area contributed by atoms with Gasteiger partial charge in [0.1, 0.15) is 11.4 Å². The molecule has 0 aliphatic carbocycles. The lowest BCUT2D eigenvalue weighted by Gasteiger charge is -2.32. The number of nitrogens with one attached hydrogen (secondary N) is 1. The average Bonchev–Trinajstić information content (AvgIpc) is 2.78. The van der Waals surface area contributed by atoms with Gasteiger partial charge in [0.05, 0.1) is 10.4 Å². The maximum Gasteiger partial charge on any atom is 0.220 e. The monoisotopic (exact) mass is 434 g/mol. The third-order valence-electron chi connectivity index (χ3n) is 5.85. The van der Waals surface area contributed by atoms with Crippen LogP contribution in [-0.2, 0) is 6.42 Å². The molecule has 158 valence electrons. The zero-order valence-corrected chi connectivity index (χ0v) is 18.2. The Morgan fingerprint density at radius 2 is 2.10 bits per heavy atom. The fraction of sp³-hybridized carbons (Fsp3) is 0.292. The van der Waals surface area contributed by atoms with Crippen molar-refractivity contribution < 1.29 is 4.42 Å². The Morgan fingerprint density at radius 1 is 1.23 bits per heavy atom. The second kappa shape index (κ2) is 7.94. The van der Waals surface area contributed by atoms with E-state index in [1.54, 1.807) is 24.4 Å². The highest BCUT2D eigenvalue weighted by Crippen LogP contribution is 2.33. The summed E-state index contributed by atoms with van der Waals surface area (Å²) in [5.41, 5.74) is 3.77. The predicted octanol–water partition coefficient (Wildman–Crippen LogP) is 4.42. The molecule has 0 bridgehead atoms. The van der Waals surface area contributed by atoms with Crippen molar-refractivity contribution in [3.8, 4) is 11.1 Å². The number of fused-ring (bicyclic) bond motifs is 2. The Morgan fingerprint density at radius 3 is 2.84 bits per heavy atom. The summed E-state index contributed by atoms with van der Waals surface area (Å²) in [6.07, 6.45) is 4.37. The van der Waals surface area contributed by atoms with Gasteiger partial charge in [-0.05, 0) is 43.2 Å². The normalized spacial score (nSPS) is 16.9. The highest BCUT2D eigenvalue weighted by molar-refractivity contribution is 6.35. The van der Waals surface area contributed by atoms with Crippen LogP contribution < -0.4 is 15.6 Å². The minimum atomic E-state index is -0.217. The van der Waals surface area contributed by atoms with E-state index in [1.165, 1.54) is 0 Å². The van der Waals surface area contributed by atoms with Crippen molar-refractivity contribution in [2.45, 2.75) is 26.3 Å². The molecule has 1 atom stereocenters. The minimum Gasteiger partial charge on any atom is -0.453 e. The Hall–Kier alpha value is -2.96. The van der Waals surface area contributed by atoms with E-state index in [0.29, 0.717) is 27.6 Å². The smallest absolute Gasteiger partial charge is 0.220 e. The van der Waals surface area contributed by atoms with Crippen LogP contribution in [0.25, 0.3) is 33.2 Å². The Balaban J connectivity index is 1.68. The summed E-state index contributed by atoms with van der Waals surface area (Å²) < 4.78 is 6.20. The molecule has 3 aromatic heterocycles. The second-order valence-electron chi connectivity index (χ2n) is 7.94. The van der Waals surface area contributed by atoms with Gasteiger partial charge in [-0.3, -0.25) is 4.79 Å². The number of rotatable bonds is 3. The molecule has 1 aromatic carbocycles. The van der Waals surface area contributed by atoms with Crippen molar-refractivity contribution >= 4 is 39.5 Å². The third kappa shape index (κ3) is 3.46. The van der Waals surface area contributed by atoms with Crippen molar-refractivity contribution in [2.75, 3.05) is 24.5 Å². The number of hydrogen-bond donors (Lipinski definition) is 1. The molecule has 0 amide bonds. The van der Waals surface area contributed by atoms with Crippen LogP contribution in [0.4, 0.5) is 5.82 Å². The molecule has 1 aliphatic heterocycles. The van der Waals surface area contributed by atoms with E-state index in [0.717, 1.165) is 48.6 Å². The molecule has 4 aromatic rings. The number of halogens is 1. The molecular formula is C24H23ClN4O2. The summed E-state index contributed by atoms with van der Waals surface area (Å²) in [5.74, 6) is 0.951. The minimum absolute atomic E-state index is 0.217. The predicted molar refractivity (Wildman–Crippen MR) is 125 cm³/mol. The standard InChI is InChI=1S/C24H23ClN4O2/c1-3-15-11-28-22-23(30)21-17(25)5-4-6-18(21)31-24(22)20(15)16-7-8-19(27-12-16)29-10-9-26-14(2)13-29/h4-8,11-12,14,26H,3,9-10,13H2,1-2H3/t14-/m0/s1. The van der Waals surface area contributed by atoms with Crippen LogP contribution in [0.3, 0.4) is 0 Å². The SMILES string of the molecule is CCc1cnc2c(=O)c3c(Cl)cccc3oc2c1-c1ccc(N2CCN[C@@H](C)C2)nc1. The number of anilines is 1. The van der Waals surface area contributed by atoms with E-state index in [4.69, 9.17) is 21.0 Å². The van der Waals surface area contributed by atoms with Crippen LogP contribution >= 0.6 is 11.6 Å². The first-order valence-corrected chi connectivity index (χ1v) is 10.9. The molecule has 0 unspecified atom stereocenters. The molecule has 1 saturated heterocycles. The van der Waals surface area contributed by atoms with Gasteiger partial charge in [0.2, 0.25) is 5.43 Å². The highest BCUT2D eigenvalue weighted by atomic mass is 35.5. The van der Waals surface area contributed by atoms with Gasteiger partial charge in [0.25, 0.3) is 0 Å². The number of piperazine rings is 1. The molecule has 0 radical (unpaired) electrons. The summed E-state index contributed by atoms with van der Waals surface area (Å²) in [6.45, 7) is 7.03. The van der Waals surface area contributed by atoms with E-state index in [1.807, 2.05) is 18.3 Å². The summed E-state index contributed by atoms with van der Waals surface area (Å²) >= 11 is 6.27. The second-order valence-corrected chi connectivity index (χ2v) is 8.35. The quantitative estimate of drug-likeness (QED) is 0.481. The van der Waals surface area contributed by atoms with Crippen LogP contribution in [-0.4, -0.2) is 35.6 Å². The topological polar surface area (TPSA) is 71.3 Å². The van der Waals surface area contributed by atoms with Crippen LogP contribution in [0.5, 0.6) is 0 Å². The molecule has 1 aliphatic rings. The number of nitrogens with zero attached hydrogens (tertiary/aromatic N) is 3. The van der Waals surface area contributed by atoms with Gasteiger partial charge in [-0.2, -0.15) is 0 Å². The summed E-state index contributed by atoms with van der Waals surface area (Å²) in [7, 11) is 0. The van der Waals surface area contributed by atoms with Gasteiger partial charge in [-0.15, -0.1) is 0 Å². The first kappa shape index (κ1) is 20.0. The molecule has 0 spiro atoms. The number of aryl methyl sites for hydroxylation is 1. The average molecular weight is 435 g/mol. The van der Waals surface area contributed by atoms with Crippen molar-refractivity contribution in [1.82, 2.24) is 15.3 Å². The van der Waals surface area contributed by atoms with Gasteiger partial charge < -0.3 is 14.6 Å². The number of benzene rings is 1. The molecule has 31 heavy (non-hydrogen) atoms. The first-order chi connectivity index (χ1) is 15.1. The molecule has 5 rings (SSSR count). The van der Waals surface area contributed by atoms with Gasteiger partial charge in [-0.25, -0.2) is 9.97 Å². The van der Waals surface area contributed by atoms with Gasteiger partial charge >= 0.3 is 0 Å². The summed E-state index contributed by atoms with van der Waals surface area (Å²) in [6, 6.07) is 9.74. The fourth-order valence-electron chi connectivity index (χ4n) is 4.28. The van der Waals surface area contributed by atoms with Gasteiger partial charge in [0, 0.05) is 49.2 Å². The van der Waals surface area contributed by atoms with E-state index < -0.39 is 0 Å². The van der Waals surface area contributed by atoms with E-state index >= 15 is 0 Å². The van der Waals surface area contributed by atoms with Crippen molar-refractivity contribution in [3.05, 3.63) is 63.5 Å². The van der Waals surface area contributed by atoms with E-state index in [-0.39, 0.29) is 10.9 Å². The van der Waals surface area contributed by atoms with E-state index in [2.05, 4.69) is 29.0 Å². The summed E-state index contributed by atoms with van der Waals surface area (Å²) in [5, 5.41) is 4.18. The molecule has 1 N–H and O–H groups in total. The van der Waals surface area contributed by atoms with Crippen LogP contribution in [0.2, 0.25) is 5.02 Å². The lowest BCUT2D eigenvalue weighted by Crippen LogP contribution is -2.49. The van der Waals surface area contributed by atoms with Crippen molar-refractivity contribution in [3.63, 3.8) is 0 Å². The lowest BCUT2D eigenvalue weighted by molar-refractivity contribution is 0.482. The maximum absolute atomic E-state index is 13.1. The van der Waals surface area contributed by atoms with E-state index in [9.17, 15) is 4.79 Å². The zero-order valence-electron chi connectivity index (χ0n) is 17.5. The Bertz CT molecular complexity index is 1330.